The van der Waals surface area contributed by atoms with Crippen LogP contribution in [0.15, 0.2) is 156 Å². The number of benzene rings is 7. The topological polar surface area (TPSA) is 16.4 Å². The van der Waals surface area contributed by atoms with E-state index in [4.69, 9.17) is 4.42 Å². The van der Waals surface area contributed by atoms with Crippen LogP contribution in [0.1, 0.15) is 0 Å². The standard InChI is InChI=1S/C40H25NOS/c1-2-9-26(10-3-1)27-17-21-29(22-18-27)41(36-14-8-13-33-31-11-4-6-15-37(31)42-39(33)36)30-23-19-28-20-24-34-32-12-5-7-16-38(32)43-40(34)35(28)25-30/h1-25H. The van der Waals surface area contributed by atoms with Gasteiger partial charge in [-0.3, -0.25) is 0 Å². The van der Waals surface area contributed by atoms with Crippen LogP contribution < -0.4 is 4.90 Å². The summed E-state index contributed by atoms with van der Waals surface area (Å²) in [5.41, 5.74) is 7.37. The second kappa shape index (κ2) is 9.59. The second-order valence-electron chi connectivity index (χ2n) is 10.9. The van der Waals surface area contributed by atoms with Crippen LogP contribution in [-0.2, 0) is 0 Å². The molecule has 9 aromatic rings. The quantitative estimate of drug-likeness (QED) is 0.210. The fourth-order valence-electron chi connectivity index (χ4n) is 6.40. The lowest BCUT2D eigenvalue weighted by atomic mass is 10.0. The highest BCUT2D eigenvalue weighted by Crippen LogP contribution is 2.45. The number of furan rings is 1. The Kier molecular flexibility index (Phi) is 5.40. The van der Waals surface area contributed by atoms with Crippen molar-refractivity contribution in [3.63, 3.8) is 0 Å². The molecular formula is C40H25NOS. The second-order valence-corrected chi connectivity index (χ2v) is 12.0. The normalized spacial score (nSPS) is 11.7. The van der Waals surface area contributed by atoms with Crippen molar-refractivity contribution >= 4 is 81.3 Å². The summed E-state index contributed by atoms with van der Waals surface area (Å²) in [5, 5.41) is 7.37. The Morgan fingerprint density at radius 3 is 2.05 bits per heavy atom. The van der Waals surface area contributed by atoms with E-state index < -0.39 is 0 Å². The maximum absolute atomic E-state index is 6.56. The van der Waals surface area contributed by atoms with E-state index in [9.17, 15) is 0 Å². The average molecular weight is 568 g/mol. The predicted octanol–water partition coefficient (Wildman–Crippen LogP) is 12.2. The van der Waals surface area contributed by atoms with Gasteiger partial charge in [-0.1, -0.05) is 109 Å². The first-order valence-electron chi connectivity index (χ1n) is 14.5. The molecule has 0 radical (unpaired) electrons. The summed E-state index contributed by atoms with van der Waals surface area (Å²) in [6, 6.07) is 54.2. The Morgan fingerprint density at radius 1 is 0.465 bits per heavy atom. The number of para-hydroxylation sites is 2. The number of thiophene rings is 1. The summed E-state index contributed by atoms with van der Waals surface area (Å²) >= 11 is 1.87. The van der Waals surface area contributed by atoms with Gasteiger partial charge in [0.15, 0.2) is 5.58 Å². The van der Waals surface area contributed by atoms with E-state index in [-0.39, 0.29) is 0 Å². The molecule has 0 aliphatic rings. The molecule has 7 aromatic carbocycles. The minimum Gasteiger partial charge on any atom is -0.454 e. The number of hydrogen-bond donors (Lipinski definition) is 0. The van der Waals surface area contributed by atoms with Crippen LogP contribution in [0.25, 0.3) is 64.0 Å². The summed E-state index contributed by atoms with van der Waals surface area (Å²) in [6.07, 6.45) is 0. The van der Waals surface area contributed by atoms with E-state index >= 15 is 0 Å². The van der Waals surface area contributed by atoms with Crippen molar-refractivity contribution in [2.75, 3.05) is 4.90 Å². The Labute approximate surface area is 252 Å². The van der Waals surface area contributed by atoms with E-state index in [0.717, 1.165) is 39.0 Å². The smallest absolute Gasteiger partial charge is 0.159 e. The molecule has 0 fully saturated rings. The number of fused-ring (bicyclic) bond motifs is 8. The molecular weight excluding hydrogens is 543 g/mol. The molecule has 0 saturated heterocycles. The number of anilines is 3. The average Bonchev–Trinajstić information content (AvgIpc) is 3.65. The highest BCUT2D eigenvalue weighted by atomic mass is 32.1. The van der Waals surface area contributed by atoms with Crippen molar-refractivity contribution in [3.05, 3.63) is 152 Å². The number of rotatable bonds is 4. The van der Waals surface area contributed by atoms with Crippen LogP contribution >= 0.6 is 11.3 Å². The summed E-state index contributed by atoms with van der Waals surface area (Å²) in [5.74, 6) is 0. The van der Waals surface area contributed by atoms with E-state index in [0.29, 0.717) is 0 Å². The van der Waals surface area contributed by atoms with Gasteiger partial charge in [-0.15, -0.1) is 11.3 Å². The van der Waals surface area contributed by atoms with Gasteiger partial charge >= 0.3 is 0 Å². The third-order valence-corrected chi connectivity index (χ3v) is 9.68. The molecule has 2 aromatic heterocycles. The zero-order valence-corrected chi connectivity index (χ0v) is 24.0. The third-order valence-electron chi connectivity index (χ3n) is 8.46. The Morgan fingerprint density at radius 2 is 1.16 bits per heavy atom. The highest BCUT2D eigenvalue weighted by Gasteiger charge is 2.20. The van der Waals surface area contributed by atoms with Gasteiger partial charge in [0.05, 0.1) is 5.69 Å². The summed E-state index contributed by atoms with van der Waals surface area (Å²) < 4.78 is 9.20. The Bertz CT molecular complexity index is 2450. The third kappa shape index (κ3) is 3.86. The Hall–Kier alpha value is -5.38. The Balaban J connectivity index is 1.30. The van der Waals surface area contributed by atoms with Gasteiger partial charge in [0, 0.05) is 47.7 Å². The first-order valence-corrected chi connectivity index (χ1v) is 15.3. The van der Waals surface area contributed by atoms with Gasteiger partial charge in [0.1, 0.15) is 5.58 Å². The van der Waals surface area contributed by atoms with Gasteiger partial charge in [0.25, 0.3) is 0 Å². The van der Waals surface area contributed by atoms with Crippen molar-refractivity contribution < 1.29 is 4.42 Å². The fourth-order valence-corrected chi connectivity index (χ4v) is 7.63. The van der Waals surface area contributed by atoms with Crippen LogP contribution in [0, 0.1) is 0 Å². The van der Waals surface area contributed by atoms with E-state index in [1.165, 1.54) is 42.1 Å². The zero-order valence-electron chi connectivity index (χ0n) is 23.2. The van der Waals surface area contributed by atoms with Crippen molar-refractivity contribution in [1.82, 2.24) is 0 Å². The van der Waals surface area contributed by atoms with Gasteiger partial charge in [-0.05, 0) is 59.0 Å². The minimum absolute atomic E-state index is 0.885. The lowest BCUT2D eigenvalue weighted by molar-refractivity contribution is 0.669. The maximum Gasteiger partial charge on any atom is 0.159 e. The molecule has 0 bridgehead atoms. The molecule has 2 nitrogen and oxygen atoms in total. The molecule has 0 unspecified atom stereocenters. The van der Waals surface area contributed by atoms with E-state index in [1.807, 2.05) is 23.5 Å². The molecule has 43 heavy (non-hydrogen) atoms. The largest absolute Gasteiger partial charge is 0.454 e. The number of nitrogens with zero attached hydrogens (tertiary/aromatic N) is 1. The maximum atomic E-state index is 6.56. The summed E-state index contributed by atoms with van der Waals surface area (Å²) in [4.78, 5) is 2.34. The molecule has 0 amide bonds. The van der Waals surface area contributed by atoms with Crippen molar-refractivity contribution in [2.45, 2.75) is 0 Å². The van der Waals surface area contributed by atoms with Crippen LogP contribution in [-0.4, -0.2) is 0 Å². The molecule has 0 spiro atoms. The molecule has 0 saturated carbocycles. The number of hydrogen-bond acceptors (Lipinski definition) is 3. The highest BCUT2D eigenvalue weighted by molar-refractivity contribution is 7.26. The predicted molar refractivity (Wildman–Crippen MR) is 184 cm³/mol. The molecule has 9 rings (SSSR count). The monoisotopic (exact) mass is 567 g/mol. The lowest BCUT2D eigenvalue weighted by Gasteiger charge is -2.26. The fraction of sp³-hybridized carbons (Fsp3) is 0. The van der Waals surface area contributed by atoms with Crippen LogP contribution in [0.5, 0.6) is 0 Å². The van der Waals surface area contributed by atoms with Gasteiger partial charge in [0.2, 0.25) is 0 Å². The molecule has 202 valence electrons. The summed E-state index contributed by atoms with van der Waals surface area (Å²) in [6.45, 7) is 0. The molecule has 0 atom stereocenters. The van der Waals surface area contributed by atoms with Gasteiger partial charge < -0.3 is 9.32 Å². The van der Waals surface area contributed by atoms with Crippen molar-refractivity contribution in [3.8, 4) is 11.1 Å². The summed E-state index contributed by atoms with van der Waals surface area (Å²) in [7, 11) is 0. The molecule has 3 heteroatoms. The van der Waals surface area contributed by atoms with Gasteiger partial charge in [-0.2, -0.15) is 0 Å². The zero-order chi connectivity index (χ0) is 28.3. The van der Waals surface area contributed by atoms with Crippen molar-refractivity contribution in [1.29, 1.82) is 0 Å². The van der Waals surface area contributed by atoms with E-state index in [1.54, 1.807) is 0 Å². The van der Waals surface area contributed by atoms with Crippen molar-refractivity contribution in [2.24, 2.45) is 0 Å². The first-order chi connectivity index (χ1) is 21.3. The van der Waals surface area contributed by atoms with E-state index in [2.05, 4.69) is 144 Å². The molecule has 0 aliphatic heterocycles. The molecule has 2 heterocycles. The van der Waals surface area contributed by atoms with Crippen LogP contribution in [0.2, 0.25) is 0 Å². The minimum atomic E-state index is 0.885. The SMILES string of the molecule is c1ccc(-c2ccc(N(c3ccc4ccc5c6ccccc6sc5c4c3)c3cccc4c3oc3ccccc34)cc2)cc1. The molecule has 0 aliphatic carbocycles. The van der Waals surface area contributed by atoms with Gasteiger partial charge in [-0.25, -0.2) is 0 Å². The molecule has 0 N–H and O–H groups in total. The van der Waals surface area contributed by atoms with Crippen LogP contribution in [0.4, 0.5) is 17.1 Å². The first kappa shape index (κ1) is 24.2. The lowest BCUT2D eigenvalue weighted by Crippen LogP contribution is -2.10. The van der Waals surface area contributed by atoms with Crippen LogP contribution in [0.3, 0.4) is 0 Å².